The van der Waals surface area contributed by atoms with Crippen molar-refractivity contribution in [3.63, 3.8) is 0 Å². The van der Waals surface area contributed by atoms with Crippen LogP contribution in [0.5, 0.6) is 0 Å². The molecule has 0 unspecified atom stereocenters. The topological polar surface area (TPSA) is 115 Å². The minimum atomic E-state index is 0.824. The monoisotopic (exact) mass is 420 g/mol. The van der Waals surface area contributed by atoms with Gasteiger partial charge in [-0.3, -0.25) is 0 Å². The Bertz CT molecular complexity index is 1520. The minimum Gasteiger partial charge on any atom is -0.345 e. The molecule has 0 atom stereocenters. The van der Waals surface area contributed by atoms with Gasteiger partial charge in [0.05, 0.1) is 22.1 Å². The number of fused-ring (bicyclic) bond motifs is 2. The summed E-state index contributed by atoms with van der Waals surface area (Å²) in [5.74, 6) is 3.49. The summed E-state index contributed by atoms with van der Waals surface area (Å²) in [6, 6.07) is 12.2. The average Bonchev–Trinajstić information content (AvgIpc) is 3.61. The second-order valence-electron chi connectivity index (χ2n) is 7.59. The van der Waals surface area contributed by atoms with Crippen molar-refractivity contribution in [2.24, 2.45) is 0 Å². The lowest BCUT2D eigenvalue weighted by Crippen LogP contribution is -1.85. The van der Waals surface area contributed by atoms with Gasteiger partial charge in [-0.15, -0.1) is 0 Å². The van der Waals surface area contributed by atoms with Crippen molar-refractivity contribution in [3.8, 4) is 22.8 Å². The molecule has 0 aliphatic heterocycles. The number of aromatic amines is 4. The highest BCUT2D eigenvalue weighted by Crippen LogP contribution is 2.22. The quantitative estimate of drug-likeness (QED) is 0.308. The van der Waals surface area contributed by atoms with E-state index in [4.69, 9.17) is 4.98 Å². The molecule has 0 aliphatic rings. The molecule has 2 aromatic carbocycles. The molecule has 0 aliphatic carbocycles. The van der Waals surface area contributed by atoms with Gasteiger partial charge >= 0.3 is 0 Å². The molecule has 0 fully saturated rings. The van der Waals surface area contributed by atoms with Crippen molar-refractivity contribution >= 4 is 28.1 Å². The molecule has 6 aromatic rings. The lowest BCUT2D eigenvalue weighted by molar-refractivity contribution is 0.918. The van der Waals surface area contributed by atoms with Gasteiger partial charge in [0, 0.05) is 42.3 Å². The Balaban J connectivity index is 1.14. The summed E-state index contributed by atoms with van der Waals surface area (Å²) in [5.41, 5.74) is 5.95. The maximum absolute atomic E-state index is 4.73. The van der Waals surface area contributed by atoms with Crippen LogP contribution in [0.25, 0.3) is 50.9 Å². The third-order valence-corrected chi connectivity index (χ3v) is 5.40. The SMILES string of the molecule is C(=Cc1nc2cc(-c3ncc[nH]3)ccc2[nH]1)CCc1nc2cc(-c3ncc[nH]3)ccc2[nH]1. The van der Waals surface area contributed by atoms with Crippen LogP contribution in [0.15, 0.2) is 67.3 Å². The number of H-pyrrole nitrogens is 4. The van der Waals surface area contributed by atoms with E-state index in [1.807, 2.05) is 48.8 Å². The van der Waals surface area contributed by atoms with Crippen LogP contribution in [0.4, 0.5) is 0 Å². The van der Waals surface area contributed by atoms with E-state index < -0.39 is 0 Å². The molecule has 4 aromatic heterocycles. The van der Waals surface area contributed by atoms with Gasteiger partial charge in [-0.05, 0) is 48.9 Å². The molecule has 0 radical (unpaired) electrons. The first-order valence-electron chi connectivity index (χ1n) is 10.5. The molecule has 32 heavy (non-hydrogen) atoms. The standard InChI is InChI=1S/C24H20N8/c1(3-21-29-17-7-5-15(13-19(17)31-21)23-25-9-10-26-23)2-4-22-30-18-8-6-16(14-20(18)32-22)24-27-11-12-28-24/h1,3,5-14H,2,4H2,(H,25,26)(H,27,28)(H,29,31)(H,30,32). The van der Waals surface area contributed by atoms with Gasteiger partial charge < -0.3 is 19.9 Å². The highest BCUT2D eigenvalue weighted by atomic mass is 14.9. The first kappa shape index (κ1) is 18.3. The number of rotatable bonds is 6. The lowest BCUT2D eigenvalue weighted by Gasteiger charge is -1.95. The van der Waals surface area contributed by atoms with Crippen LogP contribution in [0.1, 0.15) is 18.1 Å². The summed E-state index contributed by atoms with van der Waals surface area (Å²) in [4.78, 5) is 31.0. The molecular weight excluding hydrogens is 400 g/mol. The molecule has 8 nitrogen and oxygen atoms in total. The fourth-order valence-corrected chi connectivity index (χ4v) is 3.84. The van der Waals surface area contributed by atoms with Crippen molar-refractivity contribution in [3.05, 3.63) is 78.9 Å². The molecule has 0 saturated heterocycles. The van der Waals surface area contributed by atoms with E-state index in [1.165, 1.54) is 0 Å². The zero-order chi connectivity index (χ0) is 21.3. The second kappa shape index (κ2) is 7.66. The largest absolute Gasteiger partial charge is 0.345 e. The van der Waals surface area contributed by atoms with Crippen molar-refractivity contribution in [1.82, 2.24) is 39.9 Å². The van der Waals surface area contributed by atoms with Crippen molar-refractivity contribution < 1.29 is 0 Å². The number of benzene rings is 2. The van der Waals surface area contributed by atoms with Crippen molar-refractivity contribution in [2.75, 3.05) is 0 Å². The van der Waals surface area contributed by atoms with E-state index in [9.17, 15) is 0 Å². The van der Waals surface area contributed by atoms with Crippen LogP contribution in [0, 0.1) is 0 Å². The van der Waals surface area contributed by atoms with E-state index in [1.54, 1.807) is 12.4 Å². The Morgan fingerprint density at radius 1 is 0.750 bits per heavy atom. The van der Waals surface area contributed by atoms with Gasteiger partial charge in [0.25, 0.3) is 0 Å². The van der Waals surface area contributed by atoms with E-state index in [-0.39, 0.29) is 0 Å². The van der Waals surface area contributed by atoms with Crippen molar-refractivity contribution in [2.45, 2.75) is 12.8 Å². The van der Waals surface area contributed by atoms with Gasteiger partial charge in [-0.25, -0.2) is 19.9 Å². The Labute approximate surface area is 182 Å². The summed E-state index contributed by atoms with van der Waals surface area (Å²) in [7, 11) is 0. The molecule has 0 saturated carbocycles. The number of allylic oxidation sites excluding steroid dienone is 1. The van der Waals surface area contributed by atoms with Gasteiger partial charge in [-0.2, -0.15) is 0 Å². The van der Waals surface area contributed by atoms with Crippen LogP contribution in [0.3, 0.4) is 0 Å². The summed E-state index contributed by atoms with van der Waals surface area (Å²) >= 11 is 0. The van der Waals surface area contributed by atoms with E-state index in [2.05, 4.69) is 47.0 Å². The second-order valence-corrected chi connectivity index (χ2v) is 7.59. The fraction of sp³-hybridized carbons (Fsp3) is 0.0833. The number of aromatic nitrogens is 8. The maximum atomic E-state index is 4.73. The Hall–Kier alpha value is -4.46. The van der Waals surface area contributed by atoms with Crippen LogP contribution < -0.4 is 0 Å². The van der Waals surface area contributed by atoms with E-state index in [0.717, 1.165) is 69.3 Å². The molecule has 156 valence electrons. The van der Waals surface area contributed by atoms with E-state index in [0.29, 0.717) is 0 Å². The number of nitrogens with one attached hydrogen (secondary N) is 4. The normalized spacial score (nSPS) is 11.9. The summed E-state index contributed by atoms with van der Waals surface area (Å²) in [5, 5.41) is 0. The molecule has 8 heteroatoms. The van der Waals surface area contributed by atoms with Crippen molar-refractivity contribution in [1.29, 1.82) is 0 Å². The number of hydrogen-bond donors (Lipinski definition) is 4. The number of hydrogen-bond acceptors (Lipinski definition) is 4. The molecular formula is C24H20N8. The lowest BCUT2D eigenvalue weighted by atomic mass is 10.2. The minimum absolute atomic E-state index is 0.824. The average molecular weight is 420 g/mol. The zero-order valence-corrected chi connectivity index (χ0v) is 17.1. The van der Waals surface area contributed by atoms with Gasteiger partial charge in [-0.1, -0.05) is 6.08 Å². The number of imidazole rings is 4. The first-order valence-corrected chi connectivity index (χ1v) is 10.5. The predicted molar refractivity (Wildman–Crippen MR) is 125 cm³/mol. The molecule has 0 spiro atoms. The van der Waals surface area contributed by atoms with Gasteiger partial charge in [0.15, 0.2) is 0 Å². The molecule has 0 bridgehead atoms. The van der Waals surface area contributed by atoms with Gasteiger partial charge in [0.1, 0.15) is 23.3 Å². The third kappa shape index (κ3) is 3.47. The number of nitrogens with zero attached hydrogens (tertiary/aromatic N) is 4. The maximum Gasteiger partial charge on any atom is 0.137 e. The predicted octanol–water partition coefficient (Wildman–Crippen LogP) is 4.87. The highest BCUT2D eigenvalue weighted by Gasteiger charge is 2.07. The fourth-order valence-electron chi connectivity index (χ4n) is 3.84. The van der Waals surface area contributed by atoms with Crippen LogP contribution in [-0.2, 0) is 6.42 Å². The first-order chi connectivity index (χ1) is 15.8. The summed E-state index contributed by atoms with van der Waals surface area (Å²) < 4.78 is 0. The van der Waals surface area contributed by atoms with Crippen LogP contribution in [-0.4, -0.2) is 39.9 Å². The summed E-state index contributed by atoms with van der Waals surface area (Å²) in [6.45, 7) is 0. The molecule has 6 rings (SSSR count). The zero-order valence-electron chi connectivity index (χ0n) is 17.1. The number of aryl methyl sites for hydroxylation is 1. The smallest absolute Gasteiger partial charge is 0.137 e. The molecule has 0 amide bonds. The molecule has 4 N–H and O–H groups in total. The highest BCUT2D eigenvalue weighted by molar-refractivity contribution is 5.82. The molecule has 4 heterocycles. The van der Waals surface area contributed by atoms with Crippen LogP contribution in [0.2, 0.25) is 0 Å². The summed E-state index contributed by atoms with van der Waals surface area (Å²) in [6.07, 6.45) is 13.0. The van der Waals surface area contributed by atoms with Gasteiger partial charge in [0.2, 0.25) is 0 Å². The Kier molecular flexibility index (Phi) is 4.39. The van der Waals surface area contributed by atoms with Crippen LogP contribution >= 0.6 is 0 Å². The Morgan fingerprint density at radius 2 is 1.41 bits per heavy atom. The Morgan fingerprint density at radius 3 is 2.06 bits per heavy atom. The third-order valence-electron chi connectivity index (χ3n) is 5.40. The van der Waals surface area contributed by atoms with E-state index >= 15 is 0 Å².